The van der Waals surface area contributed by atoms with Crippen molar-refractivity contribution in [2.75, 3.05) is 4.90 Å². The molecule has 0 saturated carbocycles. The second kappa shape index (κ2) is 12.0. The first-order valence-corrected chi connectivity index (χ1v) is 16.6. The zero-order chi connectivity index (χ0) is 32.8. The van der Waals surface area contributed by atoms with Crippen LogP contribution in [0.15, 0.2) is 121 Å². The fraction of sp³-hybridized carbons (Fsp3) is 0.143. The Morgan fingerprint density at radius 1 is 0.854 bits per heavy atom. The van der Waals surface area contributed by atoms with Crippen molar-refractivity contribution in [1.29, 1.82) is 0 Å². The molecule has 1 aromatic carbocycles. The number of hydrogen-bond donors (Lipinski definition) is 0. The van der Waals surface area contributed by atoms with Crippen LogP contribution in [0.25, 0.3) is 51.2 Å². The molecule has 6 aromatic rings. The molecule has 48 heavy (non-hydrogen) atoms. The molecule has 234 valence electrons. The molecule has 0 atom stereocenters. The maximum absolute atomic E-state index is 5.53. The minimum absolute atomic E-state index is 0.798. The number of anilines is 2. The van der Waals surface area contributed by atoms with Gasteiger partial charge in [-0.2, -0.15) is 0 Å². The van der Waals surface area contributed by atoms with Crippen molar-refractivity contribution in [3.05, 3.63) is 149 Å². The van der Waals surface area contributed by atoms with Crippen molar-refractivity contribution in [2.45, 2.75) is 40.5 Å². The van der Waals surface area contributed by atoms with Gasteiger partial charge in [0, 0.05) is 41.0 Å². The summed E-state index contributed by atoms with van der Waals surface area (Å²) >= 11 is 0. The lowest BCUT2D eigenvalue weighted by Crippen LogP contribution is -2.20. The van der Waals surface area contributed by atoms with Crippen molar-refractivity contribution in [1.82, 2.24) is 24.1 Å². The summed E-state index contributed by atoms with van der Waals surface area (Å²) in [5.41, 5.74) is 16.7. The van der Waals surface area contributed by atoms with Crippen molar-refractivity contribution in [3.8, 4) is 11.5 Å². The van der Waals surface area contributed by atoms with Gasteiger partial charge in [-0.3, -0.25) is 19.4 Å². The maximum atomic E-state index is 5.53. The van der Waals surface area contributed by atoms with Gasteiger partial charge in [0.1, 0.15) is 11.6 Å². The molecule has 0 saturated heterocycles. The predicted octanol–water partition coefficient (Wildman–Crippen LogP) is 10.2. The summed E-state index contributed by atoms with van der Waals surface area (Å²) in [6.07, 6.45) is 24.7. The Hall–Kier alpha value is -5.97. The van der Waals surface area contributed by atoms with Gasteiger partial charge in [0.2, 0.25) is 0 Å². The van der Waals surface area contributed by atoms with Crippen molar-refractivity contribution < 1.29 is 0 Å². The van der Waals surface area contributed by atoms with Crippen LogP contribution in [0.2, 0.25) is 0 Å². The summed E-state index contributed by atoms with van der Waals surface area (Å²) in [5.74, 6) is 1.63. The highest BCUT2D eigenvalue weighted by Crippen LogP contribution is 2.42. The standard InChI is InChI=1S/C42H36N6/c1-5-8-18-35-28(4)32(7-3)36(14-6-2)48(35)41-26-31(46-38-20-13-22-44-42(38)34-21-23-43-27-39(34)46)25-40(45-41)47-30-16-10-9-15-29(24-30)33-17-11-12-19-37(33)47/h6,8-23,25-27H,5,7H2,1-4H3/b14-6-,18-8-. The van der Waals surface area contributed by atoms with Crippen LogP contribution < -0.4 is 4.90 Å². The molecule has 0 fully saturated rings. The van der Waals surface area contributed by atoms with Crippen molar-refractivity contribution in [2.24, 2.45) is 0 Å². The van der Waals surface area contributed by atoms with Gasteiger partial charge in [-0.05, 0) is 86.4 Å². The lowest BCUT2D eigenvalue weighted by molar-refractivity contribution is 0.952. The molecule has 0 N–H and O–H groups in total. The van der Waals surface area contributed by atoms with E-state index in [9.17, 15) is 0 Å². The molecule has 6 heteroatoms. The van der Waals surface area contributed by atoms with Crippen LogP contribution in [0.1, 0.15) is 55.3 Å². The fourth-order valence-corrected chi connectivity index (χ4v) is 7.12. The highest BCUT2D eigenvalue weighted by Gasteiger charge is 2.27. The number of allylic oxidation sites excluding steroid dienone is 6. The van der Waals surface area contributed by atoms with E-state index >= 15 is 0 Å². The average molecular weight is 625 g/mol. The van der Waals surface area contributed by atoms with Gasteiger partial charge in [0.05, 0.1) is 51.2 Å². The van der Waals surface area contributed by atoms with E-state index in [1.54, 1.807) is 0 Å². The molecule has 8 rings (SSSR count). The summed E-state index contributed by atoms with van der Waals surface area (Å²) in [6.45, 7) is 8.71. The molecular weight excluding hydrogens is 589 g/mol. The molecular formula is C42H36N6. The molecule has 2 aliphatic rings. The summed E-state index contributed by atoms with van der Waals surface area (Å²) in [5, 5.41) is 1.06. The SMILES string of the molecule is C/C=C\c1c(CC)c(C)c(/C=C\CC)n1-c1cc(-n2c3cnccc3c3ncccc32)cc(N2C3=C=C(C=CC=C3)c3ccccc32)n1. The summed E-state index contributed by atoms with van der Waals surface area (Å²) in [4.78, 5) is 17.1. The summed E-state index contributed by atoms with van der Waals surface area (Å²) < 4.78 is 4.59. The third-order valence-corrected chi connectivity index (χ3v) is 9.21. The number of para-hydroxylation sites is 1. The quantitative estimate of drug-likeness (QED) is 0.166. The number of pyridine rings is 3. The van der Waals surface area contributed by atoms with E-state index in [1.807, 2.05) is 30.7 Å². The van der Waals surface area contributed by atoms with Crippen LogP contribution in [0, 0.1) is 6.92 Å². The largest absolute Gasteiger partial charge is 0.306 e. The molecule has 0 amide bonds. The molecule has 5 aromatic heterocycles. The van der Waals surface area contributed by atoms with Crippen LogP contribution in [0.4, 0.5) is 11.5 Å². The number of benzene rings is 1. The number of nitrogens with zero attached hydrogens (tertiary/aromatic N) is 6. The van der Waals surface area contributed by atoms with Gasteiger partial charge >= 0.3 is 0 Å². The zero-order valence-electron chi connectivity index (χ0n) is 27.6. The normalized spacial score (nSPS) is 14.0. The maximum Gasteiger partial charge on any atom is 0.142 e. The molecule has 1 aliphatic carbocycles. The van der Waals surface area contributed by atoms with Crippen molar-refractivity contribution >= 4 is 51.2 Å². The lowest BCUT2D eigenvalue weighted by atomic mass is 10.00. The van der Waals surface area contributed by atoms with E-state index < -0.39 is 0 Å². The highest BCUT2D eigenvalue weighted by molar-refractivity contribution is 6.06. The second-order valence-electron chi connectivity index (χ2n) is 12.0. The Kier molecular flexibility index (Phi) is 7.36. The van der Waals surface area contributed by atoms with Crippen molar-refractivity contribution in [3.63, 3.8) is 0 Å². The Bertz CT molecular complexity index is 2380. The Labute approximate surface area is 280 Å². The fourth-order valence-electron chi connectivity index (χ4n) is 7.12. The van der Waals surface area contributed by atoms with E-state index in [0.29, 0.717) is 0 Å². The number of rotatable bonds is 7. The van der Waals surface area contributed by atoms with Gasteiger partial charge in [-0.15, -0.1) is 0 Å². The minimum atomic E-state index is 0.798. The first-order valence-electron chi connectivity index (χ1n) is 16.6. The third-order valence-electron chi connectivity index (χ3n) is 9.21. The molecule has 2 bridgehead atoms. The van der Waals surface area contributed by atoms with Crippen LogP contribution in [-0.4, -0.2) is 24.1 Å². The lowest BCUT2D eigenvalue weighted by Gasteiger charge is -2.29. The van der Waals surface area contributed by atoms with Crippen LogP contribution in [-0.2, 0) is 6.42 Å². The smallest absolute Gasteiger partial charge is 0.142 e. The second-order valence-corrected chi connectivity index (χ2v) is 12.0. The predicted molar refractivity (Wildman–Crippen MR) is 199 cm³/mol. The Balaban J connectivity index is 1.50. The van der Waals surface area contributed by atoms with Crippen LogP contribution in [0.3, 0.4) is 0 Å². The van der Waals surface area contributed by atoms with Gasteiger partial charge in [0.25, 0.3) is 0 Å². The molecule has 6 heterocycles. The van der Waals surface area contributed by atoms with E-state index in [4.69, 9.17) is 9.97 Å². The monoisotopic (exact) mass is 624 g/mol. The Morgan fingerprint density at radius 3 is 2.56 bits per heavy atom. The molecule has 0 unspecified atom stereocenters. The summed E-state index contributed by atoms with van der Waals surface area (Å²) in [7, 11) is 0. The van der Waals surface area contributed by atoms with Crippen LogP contribution >= 0.6 is 0 Å². The van der Waals surface area contributed by atoms with E-state index in [-0.39, 0.29) is 0 Å². The van der Waals surface area contributed by atoms with Gasteiger partial charge in [-0.1, -0.05) is 62.1 Å². The highest BCUT2D eigenvalue weighted by atomic mass is 15.2. The van der Waals surface area contributed by atoms with Crippen LogP contribution in [0.5, 0.6) is 0 Å². The van der Waals surface area contributed by atoms with E-state index in [2.05, 4.69) is 144 Å². The Morgan fingerprint density at radius 2 is 1.71 bits per heavy atom. The van der Waals surface area contributed by atoms with Gasteiger partial charge < -0.3 is 4.57 Å². The first kappa shape index (κ1) is 29.4. The van der Waals surface area contributed by atoms with Gasteiger partial charge in [-0.25, -0.2) is 4.98 Å². The number of aromatic nitrogens is 5. The summed E-state index contributed by atoms with van der Waals surface area (Å²) in [6, 6.07) is 19.1. The van der Waals surface area contributed by atoms with Gasteiger partial charge in [0.15, 0.2) is 0 Å². The zero-order valence-corrected chi connectivity index (χ0v) is 27.6. The average Bonchev–Trinajstić information content (AvgIpc) is 3.49. The number of hydrogen-bond acceptors (Lipinski definition) is 4. The first-order chi connectivity index (χ1) is 23.6. The third kappa shape index (κ3) is 4.61. The van der Waals surface area contributed by atoms with E-state index in [0.717, 1.165) is 86.0 Å². The molecule has 6 nitrogen and oxygen atoms in total. The number of fused-ring (bicyclic) bond motifs is 5. The topological polar surface area (TPSA) is 51.8 Å². The van der Waals surface area contributed by atoms with E-state index in [1.165, 1.54) is 11.1 Å². The molecule has 0 spiro atoms. The molecule has 0 radical (unpaired) electrons. The molecule has 1 aliphatic heterocycles. The minimum Gasteiger partial charge on any atom is -0.306 e.